The van der Waals surface area contributed by atoms with E-state index in [-0.39, 0.29) is 5.83 Å². The van der Waals surface area contributed by atoms with E-state index in [9.17, 15) is 4.39 Å². The highest BCUT2D eigenvalue weighted by Gasteiger charge is 2.32. The average molecular weight is 204 g/mol. The maximum atomic E-state index is 13.7. The van der Waals surface area contributed by atoms with Gasteiger partial charge in [-0.1, -0.05) is 16.7 Å². The number of azo groups is 2. The number of hydrogen-bond donors (Lipinski definition) is 0. The molecule has 0 atom stereocenters. The molecule has 1 fully saturated rings. The molecule has 1 saturated carbocycles. The SMILES string of the molecule is C[N+]1=NC2=C(F)C=C(C3CCC3)[CH]C2=C1. The smallest absolute Gasteiger partial charge is 0.202 e. The zero-order valence-electron chi connectivity index (χ0n) is 8.70. The molecule has 3 aliphatic rings. The van der Waals surface area contributed by atoms with Crippen molar-refractivity contribution in [2.75, 3.05) is 7.05 Å². The summed E-state index contributed by atoms with van der Waals surface area (Å²) < 4.78 is 15.4. The highest BCUT2D eigenvalue weighted by molar-refractivity contribution is 5.53. The van der Waals surface area contributed by atoms with Crippen molar-refractivity contribution in [2.45, 2.75) is 19.3 Å². The minimum atomic E-state index is -0.185. The molecule has 0 amide bonds. The third-order valence-corrected chi connectivity index (χ3v) is 3.28. The summed E-state index contributed by atoms with van der Waals surface area (Å²) >= 11 is 0. The third kappa shape index (κ3) is 1.37. The van der Waals surface area contributed by atoms with Crippen LogP contribution in [0.3, 0.4) is 0 Å². The summed E-state index contributed by atoms with van der Waals surface area (Å²) in [5, 5.41) is 4.10. The molecule has 0 bridgehead atoms. The number of rotatable bonds is 1. The first kappa shape index (κ1) is 9.01. The zero-order chi connectivity index (χ0) is 10.4. The molecule has 0 aromatic carbocycles. The molecule has 3 rings (SSSR count). The van der Waals surface area contributed by atoms with Crippen molar-refractivity contribution < 1.29 is 9.09 Å². The Morgan fingerprint density at radius 1 is 1.47 bits per heavy atom. The minimum absolute atomic E-state index is 0.185. The number of halogens is 1. The first-order chi connectivity index (χ1) is 7.24. The van der Waals surface area contributed by atoms with E-state index in [0.717, 1.165) is 11.1 Å². The number of hydrogen-bond acceptors (Lipinski definition) is 1. The second-order valence-corrected chi connectivity index (χ2v) is 4.37. The van der Waals surface area contributed by atoms with Crippen molar-refractivity contribution >= 4 is 0 Å². The Labute approximate surface area is 88.5 Å². The summed E-state index contributed by atoms with van der Waals surface area (Å²) in [4.78, 5) is 0. The Balaban J connectivity index is 1.95. The highest BCUT2D eigenvalue weighted by Crippen LogP contribution is 2.41. The van der Waals surface area contributed by atoms with Crippen molar-refractivity contribution in [3.05, 3.63) is 41.4 Å². The summed E-state index contributed by atoms with van der Waals surface area (Å²) in [7, 11) is 1.82. The van der Waals surface area contributed by atoms with Gasteiger partial charge in [0, 0.05) is 11.5 Å². The second kappa shape index (κ2) is 3.12. The second-order valence-electron chi connectivity index (χ2n) is 4.37. The normalized spacial score (nSPS) is 25.6. The van der Waals surface area contributed by atoms with Crippen LogP contribution in [-0.2, 0) is 0 Å². The molecule has 1 radical (unpaired) electrons. The molecule has 1 aliphatic heterocycles. The van der Waals surface area contributed by atoms with E-state index in [2.05, 4.69) is 11.5 Å². The zero-order valence-corrected chi connectivity index (χ0v) is 8.70. The van der Waals surface area contributed by atoms with E-state index in [1.165, 1.54) is 19.3 Å². The van der Waals surface area contributed by atoms with Crippen LogP contribution in [0.4, 0.5) is 4.39 Å². The molecule has 0 saturated heterocycles. The molecular formula is C12H13FN2+. The molecule has 15 heavy (non-hydrogen) atoms. The van der Waals surface area contributed by atoms with Crippen molar-refractivity contribution in [3.63, 3.8) is 0 Å². The van der Waals surface area contributed by atoms with E-state index in [0.29, 0.717) is 11.6 Å². The van der Waals surface area contributed by atoms with Crippen molar-refractivity contribution in [1.29, 1.82) is 0 Å². The van der Waals surface area contributed by atoms with Crippen LogP contribution in [0.15, 0.2) is 40.1 Å². The van der Waals surface area contributed by atoms with Crippen LogP contribution in [0.25, 0.3) is 0 Å². The van der Waals surface area contributed by atoms with Gasteiger partial charge in [-0.15, -0.1) is 0 Å². The molecule has 0 aromatic rings. The fourth-order valence-electron chi connectivity index (χ4n) is 2.21. The summed E-state index contributed by atoms with van der Waals surface area (Å²) in [6, 6.07) is 0. The van der Waals surface area contributed by atoms with Crippen LogP contribution in [0.1, 0.15) is 19.3 Å². The molecule has 0 unspecified atom stereocenters. The number of nitrogens with zero attached hydrogens (tertiary/aromatic N) is 2. The maximum Gasteiger partial charge on any atom is 0.202 e. The fourth-order valence-corrected chi connectivity index (χ4v) is 2.21. The van der Waals surface area contributed by atoms with Crippen LogP contribution in [0.5, 0.6) is 0 Å². The summed E-state index contributed by atoms with van der Waals surface area (Å²) in [5.41, 5.74) is 2.54. The predicted octanol–water partition coefficient (Wildman–Crippen LogP) is 3.10. The average Bonchev–Trinajstić information content (AvgIpc) is 2.42. The van der Waals surface area contributed by atoms with Gasteiger partial charge in [0.15, 0.2) is 18.6 Å². The van der Waals surface area contributed by atoms with E-state index >= 15 is 0 Å². The van der Waals surface area contributed by atoms with E-state index < -0.39 is 0 Å². The van der Waals surface area contributed by atoms with Gasteiger partial charge < -0.3 is 0 Å². The van der Waals surface area contributed by atoms with E-state index in [4.69, 9.17) is 0 Å². The van der Waals surface area contributed by atoms with Crippen LogP contribution in [0, 0.1) is 12.3 Å². The van der Waals surface area contributed by atoms with Gasteiger partial charge >= 0.3 is 0 Å². The first-order valence-electron chi connectivity index (χ1n) is 5.37. The van der Waals surface area contributed by atoms with Gasteiger partial charge in [-0.3, -0.25) is 0 Å². The van der Waals surface area contributed by atoms with Crippen LogP contribution in [-0.4, -0.2) is 11.7 Å². The standard InChI is InChI=1S/C12H13FN2/c1-15-7-10-5-9(8-3-2-4-8)6-11(13)12(10)14-15/h5-8H,2-4H2,1H3/q+1. The van der Waals surface area contributed by atoms with E-state index in [1.807, 2.05) is 13.2 Å². The Bertz CT molecular complexity index is 437. The maximum absolute atomic E-state index is 13.7. The molecule has 77 valence electrons. The molecule has 1 heterocycles. The van der Waals surface area contributed by atoms with Crippen molar-refractivity contribution in [2.24, 2.45) is 11.0 Å². The number of fused-ring (bicyclic) bond motifs is 1. The van der Waals surface area contributed by atoms with Crippen LogP contribution < -0.4 is 0 Å². The molecule has 2 nitrogen and oxygen atoms in total. The van der Waals surface area contributed by atoms with Gasteiger partial charge in [-0.25, -0.2) is 4.39 Å². The first-order valence-corrected chi connectivity index (χ1v) is 5.37. The molecule has 0 aromatic heterocycles. The van der Waals surface area contributed by atoms with Gasteiger partial charge in [0.25, 0.3) is 0 Å². The fraction of sp³-hybridized carbons (Fsp3) is 0.417. The highest BCUT2D eigenvalue weighted by atomic mass is 19.1. The van der Waals surface area contributed by atoms with Crippen molar-refractivity contribution in [3.8, 4) is 0 Å². The largest absolute Gasteiger partial charge is 0.204 e. The lowest BCUT2D eigenvalue weighted by Gasteiger charge is -2.29. The van der Waals surface area contributed by atoms with E-state index in [1.54, 1.807) is 10.8 Å². The van der Waals surface area contributed by atoms with Crippen LogP contribution in [0.2, 0.25) is 0 Å². The molecule has 0 spiro atoms. The lowest BCUT2D eigenvalue weighted by molar-refractivity contribution is -0.489. The van der Waals surface area contributed by atoms with Crippen LogP contribution >= 0.6 is 0 Å². The van der Waals surface area contributed by atoms with Gasteiger partial charge in [0.05, 0.1) is 5.57 Å². The lowest BCUT2D eigenvalue weighted by Crippen LogP contribution is -2.16. The Hall–Kier alpha value is -1.25. The molecule has 0 N–H and O–H groups in total. The topological polar surface area (TPSA) is 15.4 Å². The minimum Gasteiger partial charge on any atom is -0.204 e. The van der Waals surface area contributed by atoms with Gasteiger partial charge in [0.2, 0.25) is 6.20 Å². The predicted molar refractivity (Wildman–Crippen MR) is 54.6 cm³/mol. The Morgan fingerprint density at radius 3 is 2.93 bits per heavy atom. The van der Waals surface area contributed by atoms with Gasteiger partial charge in [-0.05, 0) is 24.8 Å². The summed E-state index contributed by atoms with van der Waals surface area (Å²) in [6.07, 6.45) is 9.28. The Morgan fingerprint density at radius 2 is 2.27 bits per heavy atom. The Kier molecular flexibility index (Phi) is 1.87. The van der Waals surface area contributed by atoms with Gasteiger partial charge in [-0.2, -0.15) is 0 Å². The number of allylic oxidation sites excluding steroid dienone is 4. The quantitative estimate of drug-likeness (QED) is 0.583. The molecule has 3 heteroatoms. The molecular weight excluding hydrogens is 191 g/mol. The third-order valence-electron chi connectivity index (χ3n) is 3.28. The summed E-state index contributed by atoms with van der Waals surface area (Å²) in [5.74, 6) is 0.388. The van der Waals surface area contributed by atoms with Crippen molar-refractivity contribution in [1.82, 2.24) is 0 Å². The summed E-state index contributed by atoms with van der Waals surface area (Å²) in [6.45, 7) is 0. The van der Waals surface area contributed by atoms with Gasteiger partial charge in [0.1, 0.15) is 0 Å². The monoisotopic (exact) mass is 204 g/mol. The lowest BCUT2D eigenvalue weighted by atomic mass is 9.76. The molecule has 2 aliphatic carbocycles.